The van der Waals surface area contributed by atoms with E-state index in [1.165, 1.54) is 16.9 Å². The highest BCUT2D eigenvalue weighted by atomic mass is 35.5. The fourth-order valence-corrected chi connectivity index (χ4v) is 3.30. The van der Waals surface area contributed by atoms with Crippen molar-refractivity contribution in [1.82, 2.24) is 0 Å². The molecule has 1 unspecified atom stereocenters. The summed E-state index contributed by atoms with van der Waals surface area (Å²) in [6.45, 7) is 2.03. The monoisotopic (exact) mass is 286 g/mol. The van der Waals surface area contributed by atoms with Crippen LogP contribution in [0, 0.1) is 6.92 Å². The zero-order valence-electron chi connectivity index (χ0n) is 9.28. The van der Waals surface area contributed by atoms with E-state index in [2.05, 4.69) is 0 Å². The van der Waals surface area contributed by atoms with Gasteiger partial charge in [0.25, 0.3) is 0 Å². The Labute approximate surface area is 115 Å². The molecule has 1 aromatic heterocycles. The first kappa shape index (κ1) is 12.9. The fraction of sp³-hybridized carbons (Fsp3) is 0.231. The summed E-state index contributed by atoms with van der Waals surface area (Å²) in [6.07, 6.45) is -0.0493. The van der Waals surface area contributed by atoms with Gasteiger partial charge in [-0.05, 0) is 24.1 Å². The third-order valence-corrected chi connectivity index (χ3v) is 4.23. The number of aliphatic hydroxyl groups is 1. The van der Waals surface area contributed by atoms with Gasteiger partial charge in [-0.3, -0.25) is 0 Å². The minimum atomic E-state index is -0.604. The second-order valence-corrected chi connectivity index (χ2v) is 6.21. The van der Waals surface area contributed by atoms with Crippen molar-refractivity contribution < 1.29 is 5.11 Å². The van der Waals surface area contributed by atoms with Crippen LogP contribution in [-0.2, 0) is 6.42 Å². The Morgan fingerprint density at radius 3 is 2.59 bits per heavy atom. The van der Waals surface area contributed by atoms with Gasteiger partial charge in [0.1, 0.15) is 4.34 Å². The van der Waals surface area contributed by atoms with E-state index in [1.807, 2.05) is 31.2 Å². The first-order valence-corrected chi connectivity index (χ1v) is 6.82. The van der Waals surface area contributed by atoms with Gasteiger partial charge in [-0.15, -0.1) is 11.3 Å². The number of hydrogen-bond donors (Lipinski definition) is 1. The van der Waals surface area contributed by atoms with Crippen LogP contribution in [-0.4, -0.2) is 5.11 Å². The van der Waals surface area contributed by atoms with Crippen molar-refractivity contribution in [3.8, 4) is 0 Å². The average Bonchev–Trinajstić information content (AvgIpc) is 2.61. The normalized spacial score (nSPS) is 12.7. The fourth-order valence-electron chi connectivity index (χ4n) is 1.74. The summed E-state index contributed by atoms with van der Waals surface area (Å²) in [4.78, 5) is 0. The second kappa shape index (κ2) is 5.40. The molecular weight excluding hydrogens is 275 g/mol. The lowest BCUT2D eigenvalue weighted by molar-refractivity contribution is 0.179. The molecule has 2 aromatic rings. The maximum atomic E-state index is 10.2. The molecule has 90 valence electrons. The van der Waals surface area contributed by atoms with Crippen LogP contribution in [0.3, 0.4) is 0 Å². The lowest BCUT2D eigenvalue weighted by Crippen LogP contribution is -2.02. The van der Waals surface area contributed by atoms with Crippen molar-refractivity contribution in [3.05, 3.63) is 55.7 Å². The highest BCUT2D eigenvalue weighted by Gasteiger charge is 2.16. The van der Waals surface area contributed by atoms with Gasteiger partial charge in [-0.1, -0.05) is 47.5 Å². The SMILES string of the molecule is Cc1ccccc1CC(O)c1cc(Cl)sc1Cl. The van der Waals surface area contributed by atoms with Gasteiger partial charge in [0, 0.05) is 12.0 Å². The Bertz CT molecular complexity index is 522. The Morgan fingerprint density at radius 1 is 1.29 bits per heavy atom. The molecule has 0 saturated heterocycles. The van der Waals surface area contributed by atoms with Crippen LogP contribution in [0.2, 0.25) is 8.67 Å². The number of benzene rings is 1. The molecule has 2 rings (SSSR count). The van der Waals surface area contributed by atoms with E-state index in [1.54, 1.807) is 6.07 Å². The maximum absolute atomic E-state index is 10.2. The van der Waals surface area contributed by atoms with E-state index in [4.69, 9.17) is 23.2 Å². The Morgan fingerprint density at radius 2 is 2.00 bits per heavy atom. The third kappa shape index (κ3) is 3.02. The molecule has 0 bridgehead atoms. The minimum absolute atomic E-state index is 0.555. The van der Waals surface area contributed by atoms with Gasteiger partial charge in [0.2, 0.25) is 0 Å². The third-order valence-electron chi connectivity index (χ3n) is 2.72. The molecule has 0 amide bonds. The van der Waals surface area contributed by atoms with Crippen LogP contribution >= 0.6 is 34.5 Å². The van der Waals surface area contributed by atoms with Gasteiger partial charge >= 0.3 is 0 Å². The van der Waals surface area contributed by atoms with E-state index < -0.39 is 6.10 Å². The van der Waals surface area contributed by atoms with Gasteiger partial charge < -0.3 is 5.11 Å². The molecule has 0 aliphatic rings. The lowest BCUT2D eigenvalue weighted by atomic mass is 10.00. The average molecular weight is 287 g/mol. The summed E-state index contributed by atoms with van der Waals surface area (Å²) in [5.74, 6) is 0. The molecule has 1 atom stereocenters. The van der Waals surface area contributed by atoms with Gasteiger partial charge in [-0.2, -0.15) is 0 Å². The van der Waals surface area contributed by atoms with Crippen LogP contribution < -0.4 is 0 Å². The standard InChI is InChI=1S/C13H12Cl2OS/c1-8-4-2-3-5-9(8)6-11(16)10-7-12(14)17-13(10)15/h2-5,7,11,16H,6H2,1H3. The van der Waals surface area contributed by atoms with E-state index in [0.29, 0.717) is 20.7 Å². The Kier molecular flexibility index (Phi) is 4.10. The summed E-state index contributed by atoms with van der Waals surface area (Å²) in [6, 6.07) is 9.74. The smallest absolute Gasteiger partial charge is 0.100 e. The van der Waals surface area contributed by atoms with Crippen molar-refractivity contribution in [2.75, 3.05) is 0 Å². The van der Waals surface area contributed by atoms with Crippen molar-refractivity contribution >= 4 is 34.5 Å². The van der Waals surface area contributed by atoms with E-state index in [0.717, 1.165) is 5.56 Å². The summed E-state index contributed by atoms with van der Waals surface area (Å²) in [5.41, 5.74) is 3.01. The molecule has 4 heteroatoms. The zero-order chi connectivity index (χ0) is 12.4. The van der Waals surface area contributed by atoms with Crippen LogP contribution in [0.1, 0.15) is 22.8 Å². The van der Waals surface area contributed by atoms with E-state index in [9.17, 15) is 5.11 Å². The van der Waals surface area contributed by atoms with Crippen molar-refractivity contribution in [3.63, 3.8) is 0 Å². The predicted octanol–water partition coefficient (Wildman–Crippen LogP) is 4.64. The number of rotatable bonds is 3. The first-order chi connectivity index (χ1) is 8.08. The number of thiophene rings is 1. The van der Waals surface area contributed by atoms with Gasteiger partial charge in [0.15, 0.2) is 0 Å². The highest BCUT2D eigenvalue weighted by molar-refractivity contribution is 7.20. The van der Waals surface area contributed by atoms with Gasteiger partial charge in [-0.25, -0.2) is 0 Å². The number of aryl methyl sites for hydroxylation is 1. The molecule has 0 saturated carbocycles. The summed E-state index contributed by atoms with van der Waals surface area (Å²) < 4.78 is 1.17. The topological polar surface area (TPSA) is 20.2 Å². The molecule has 0 radical (unpaired) electrons. The molecule has 1 N–H and O–H groups in total. The minimum Gasteiger partial charge on any atom is -0.388 e. The van der Waals surface area contributed by atoms with Crippen LogP contribution in [0.25, 0.3) is 0 Å². The Hall–Kier alpha value is -0.540. The number of aliphatic hydroxyl groups excluding tert-OH is 1. The van der Waals surface area contributed by atoms with Crippen molar-refractivity contribution in [2.45, 2.75) is 19.4 Å². The lowest BCUT2D eigenvalue weighted by Gasteiger charge is -2.11. The molecule has 0 aliphatic heterocycles. The molecule has 0 fully saturated rings. The number of hydrogen-bond acceptors (Lipinski definition) is 2. The van der Waals surface area contributed by atoms with Crippen molar-refractivity contribution in [2.24, 2.45) is 0 Å². The predicted molar refractivity (Wildman–Crippen MR) is 74.2 cm³/mol. The van der Waals surface area contributed by atoms with E-state index >= 15 is 0 Å². The van der Waals surface area contributed by atoms with Crippen LogP contribution in [0.4, 0.5) is 0 Å². The molecule has 0 spiro atoms. The van der Waals surface area contributed by atoms with Gasteiger partial charge in [0.05, 0.1) is 10.4 Å². The van der Waals surface area contributed by atoms with Crippen molar-refractivity contribution in [1.29, 1.82) is 0 Å². The molecule has 1 nitrogen and oxygen atoms in total. The van der Waals surface area contributed by atoms with Crippen LogP contribution in [0.5, 0.6) is 0 Å². The quantitative estimate of drug-likeness (QED) is 0.872. The molecule has 17 heavy (non-hydrogen) atoms. The highest BCUT2D eigenvalue weighted by Crippen LogP contribution is 2.36. The summed E-state index contributed by atoms with van der Waals surface area (Å²) >= 11 is 13.2. The molecule has 1 aromatic carbocycles. The number of halogens is 2. The Balaban J connectivity index is 2.20. The zero-order valence-corrected chi connectivity index (χ0v) is 11.6. The molecule has 1 heterocycles. The van der Waals surface area contributed by atoms with E-state index in [-0.39, 0.29) is 0 Å². The maximum Gasteiger partial charge on any atom is 0.100 e. The summed E-state index contributed by atoms with van der Waals surface area (Å²) in [7, 11) is 0. The van der Waals surface area contributed by atoms with Crippen LogP contribution in [0.15, 0.2) is 30.3 Å². The first-order valence-electron chi connectivity index (χ1n) is 5.25. The molecule has 0 aliphatic carbocycles. The largest absolute Gasteiger partial charge is 0.388 e. The summed E-state index contributed by atoms with van der Waals surface area (Å²) in [5, 5.41) is 10.2. The molecular formula is C13H12Cl2OS. The second-order valence-electron chi connectivity index (χ2n) is 3.93.